The number of fused-ring (bicyclic) bond motifs is 1. The van der Waals surface area contributed by atoms with Gasteiger partial charge in [0.1, 0.15) is 0 Å². The number of hydrogen-bond donors (Lipinski definition) is 1. The number of anilines is 1. The van der Waals surface area contributed by atoms with Gasteiger partial charge in [-0.1, -0.05) is 23.4 Å². The average molecular weight is 349 g/mol. The molecule has 0 amide bonds. The molecule has 1 aliphatic heterocycles. The summed E-state index contributed by atoms with van der Waals surface area (Å²) in [5.41, 5.74) is 6.92. The second kappa shape index (κ2) is 6.92. The molecule has 0 aliphatic carbocycles. The molecule has 1 aromatic heterocycles. The van der Waals surface area contributed by atoms with E-state index in [1.165, 1.54) is 22.4 Å². The number of aliphatic hydroxyl groups excluding tert-OH is 1. The molecule has 0 bridgehead atoms. The lowest BCUT2D eigenvalue weighted by atomic mass is 10.0. The Kier molecular flexibility index (Phi) is 4.47. The van der Waals surface area contributed by atoms with Gasteiger partial charge in [0.05, 0.1) is 0 Å². The minimum Gasteiger partial charge on any atom is -0.396 e. The molecule has 0 atom stereocenters. The van der Waals surface area contributed by atoms with E-state index in [0.29, 0.717) is 11.7 Å². The molecule has 0 saturated carbocycles. The number of hydrogen-bond acceptors (Lipinski definition) is 5. The van der Waals surface area contributed by atoms with E-state index in [-0.39, 0.29) is 6.61 Å². The van der Waals surface area contributed by atoms with Crippen LogP contribution in [-0.2, 0) is 6.42 Å². The Hall–Kier alpha value is -2.66. The predicted molar refractivity (Wildman–Crippen MR) is 102 cm³/mol. The van der Waals surface area contributed by atoms with Gasteiger partial charge in [0.25, 0.3) is 5.89 Å². The fourth-order valence-corrected chi connectivity index (χ4v) is 3.53. The summed E-state index contributed by atoms with van der Waals surface area (Å²) >= 11 is 0. The molecule has 2 aromatic carbocycles. The third kappa shape index (κ3) is 2.99. The van der Waals surface area contributed by atoms with Crippen molar-refractivity contribution in [3.63, 3.8) is 0 Å². The average Bonchev–Trinajstić information content (AvgIpc) is 3.29. The number of rotatable bonds is 5. The first-order valence-corrected chi connectivity index (χ1v) is 9.07. The Labute approximate surface area is 153 Å². The van der Waals surface area contributed by atoms with Crippen molar-refractivity contribution < 1.29 is 9.63 Å². The number of aryl methyl sites for hydroxylation is 2. The van der Waals surface area contributed by atoms with E-state index in [2.05, 4.69) is 53.2 Å². The van der Waals surface area contributed by atoms with Gasteiger partial charge in [-0.3, -0.25) is 0 Å². The van der Waals surface area contributed by atoms with Gasteiger partial charge >= 0.3 is 0 Å². The van der Waals surface area contributed by atoms with Gasteiger partial charge in [-0.25, -0.2) is 0 Å². The van der Waals surface area contributed by atoms with Gasteiger partial charge < -0.3 is 14.5 Å². The summed E-state index contributed by atoms with van der Waals surface area (Å²) in [4.78, 5) is 6.97. The van der Waals surface area contributed by atoms with Crippen molar-refractivity contribution in [2.45, 2.75) is 26.7 Å². The van der Waals surface area contributed by atoms with E-state index in [1.54, 1.807) is 0 Å². The zero-order valence-electron chi connectivity index (χ0n) is 15.2. The van der Waals surface area contributed by atoms with Crippen LogP contribution < -0.4 is 4.90 Å². The molecule has 0 radical (unpaired) electrons. The first kappa shape index (κ1) is 16.8. The molecule has 5 heteroatoms. The van der Waals surface area contributed by atoms with Gasteiger partial charge in [-0.15, -0.1) is 0 Å². The van der Waals surface area contributed by atoms with Crippen LogP contribution in [0.1, 0.15) is 23.1 Å². The van der Waals surface area contributed by atoms with Crippen molar-refractivity contribution in [3.05, 3.63) is 53.1 Å². The largest absolute Gasteiger partial charge is 0.396 e. The minimum atomic E-state index is 0.218. The summed E-state index contributed by atoms with van der Waals surface area (Å²) in [7, 11) is 0. The van der Waals surface area contributed by atoms with Gasteiger partial charge in [0.2, 0.25) is 5.82 Å². The van der Waals surface area contributed by atoms with E-state index in [9.17, 15) is 0 Å². The first-order chi connectivity index (χ1) is 12.7. The van der Waals surface area contributed by atoms with Gasteiger partial charge in [-0.05, 0) is 61.6 Å². The molecule has 2 heterocycles. The lowest BCUT2D eigenvalue weighted by Crippen LogP contribution is -2.22. The summed E-state index contributed by atoms with van der Waals surface area (Å²) in [6.45, 7) is 6.23. The Bertz CT molecular complexity index is 933. The van der Waals surface area contributed by atoms with Gasteiger partial charge in [0, 0.05) is 36.5 Å². The minimum absolute atomic E-state index is 0.218. The van der Waals surface area contributed by atoms with E-state index in [0.717, 1.165) is 37.1 Å². The summed E-state index contributed by atoms with van der Waals surface area (Å²) in [5.74, 6) is 1.19. The maximum atomic E-state index is 9.10. The highest BCUT2D eigenvalue weighted by Crippen LogP contribution is 2.35. The molecule has 0 unspecified atom stereocenters. The van der Waals surface area contributed by atoms with Crippen LogP contribution in [0.4, 0.5) is 5.69 Å². The highest BCUT2D eigenvalue weighted by molar-refractivity contribution is 5.73. The standard InChI is InChI=1S/C21H23N3O2/c1-14-7-8-16(13-15(14)2)21-22-20(23-26-21)18-5-3-6-19-17(18)9-11-24(19)10-4-12-25/h3,5-8,13,25H,4,9-12H2,1-2H3. The Morgan fingerprint density at radius 2 is 2.04 bits per heavy atom. The third-order valence-electron chi connectivity index (χ3n) is 5.13. The normalized spacial score (nSPS) is 13.3. The number of aliphatic hydroxyl groups is 1. The Morgan fingerprint density at radius 3 is 2.85 bits per heavy atom. The molecule has 0 fully saturated rings. The summed E-state index contributed by atoms with van der Waals surface area (Å²) in [6.07, 6.45) is 1.74. The molecule has 134 valence electrons. The third-order valence-corrected chi connectivity index (χ3v) is 5.13. The van der Waals surface area contributed by atoms with E-state index >= 15 is 0 Å². The predicted octanol–water partition coefficient (Wildman–Crippen LogP) is 3.77. The molecular weight excluding hydrogens is 326 g/mol. The molecule has 1 aliphatic rings. The van der Waals surface area contributed by atoms with Crippen LogP contribution in [0.5, 0.6) is 0 Å². The van der Waals surface area contributed by atoms with Crippen LogP contribution in [0.15, 0.2) is 40.9 Å². The van der Waals surface area contributed by atoms with E-state index in [1.807, 2.05) is 12.1 Å². The quantitative estimate of drug-likeness (QED) is 0.760. The van der Waals surface area contributed by atoms with Crippen LogP contribution in [0.25, 0.3) is 22.8 Å². The van der Waals surface area contributed by atoms with Crippen LogP contribution in [0.2, 0.25) is 0 Å². The molecule has 0 saturated heterocycles. The van der Waals surface area contributed by atoms with E-state index < -0.39 is 0 Å². The van der Waals surface area contributed by atoms with Crippen molar-refractivity contribution >= 4 is 5.69 Å². The van der Waals surface area contributed by atoms with Gasteiger partial charge in [0.15, 0.2) is 0 Å². The fourth-order valence-electron chi connectivity index (χ4n) is 3.53. The lowest BCUT2D eigenvalue weighted by molar-refractivity contribution is 0.290. The van der Waals surface area contributed by atoms with E-state index in [4.69, 9.17) is 9.63 Å². The second-order valence-corrected chi connectivity index (χ2v) is 6.84. The zero-order valence-corrected chi connectivity index (χ0v) is 15.2. The maximum Gasteiger partial charge on any atom is 0.258 e. The first-order valence-electron chi connectivity index (χ1n) is 9.07. The number of aromatic nitrogens is 2. The molecular formula is C21H23N3O2. The van der Waals surface area contributed by atoms with Gasteiger partial charge in [-0.2, -0.15) is 4.98 Å². The molecule has 4 rings (SSSR count). The van der Waals surface area contributed by atoms with Crippen LogP contribution in [0.3, 0.4) is 0 Å². The lowest BCUT2D eigenvalue weighted by Gasteiger charge is -2.18. The highest BCUT2D eigenvalue weighted by atomic mass is 16.5. The van der Waals surface area contributed by atoms with Crippen LogP contribution in [0, 0.1) is 13.8 Å². The maximum absolute atomic E-state index is 9.10. The summed E-state index contributed by atoms with van der Waals surface area (Å²) in [6, 6.07) is 12.4. The highest BCUT2D eigenvalue weighted by Gasteiger charge is 2.24. The SMILES string of the molecule is Cc1ccc(-c2nc(-c3cccc4c3CCN4CCCO)no2)cc1C. The summed E-state index contributed by atoms with van der Waals surface area (Å²) in [5, 5.41) is 13.3. The Balaban J connectivity index is 1.66. The zero-order chi connectivity index (χ0) is 18.1. The van der Waals surface area contributed by atoms with Crippen molar-refractivity contribution in [1.29, 1.82) is 0 Å². The molecule has 0 spiro atoms. The molecule has 3 aromatic rings. The number of benzene rings is 2. The summed E-state index contributed by atoms with van der Waals surface area (Å²) < 4.78 is 5.54. The Morgan fingerprint density at radius 1 is 1.15 bits per heavy atom. The van der Waals surface area contributed by atoms with Crippen LogP contribution >= 0.6 is 0 Å². The number of nitrogens with zero attached hydrogens (tertiary/aromatic N) is 3. The van der Waals surface area contributed by atoms with Crippen molar-refractivity contribution in [2.75, 3.05) is 24.6 Å². The second-order valence-electron chi connectivity index (χ2n) is 6.84. The van der Waals surface area contributed by atoms with Crippen molar-refractivity contribution in [2.24, 2.45) is 0 Å². The van der Waals surface area contributed by atoms with Crippen LogP contribution in [-0.4, -0.2) is 34.9 Å². The van der Waals surface area contributed by atoms with Crippen molar-refractivity contribution in [3.8, 4) is 22.8 Å². The molecule has 26 heavy (non-hydrogen) atoms. The smallest absolute Gasteiger partial charge is 0.258 e. The molecule has 1 N–H and O–H groups in total. The van der Waals surface area contributed by atoms with Crippen molar-refractivity contribution in [1.82, 2.24) is 10.1 Å². The molecule has 5 nitrogen and oxygen atoms in total. The monoisotopic (exact) mass is 349 g/mol. The fraction of sp³-hybridized carbons (Fsp3) is 0.333. The topological polar surface area (TPSA) is 62.4 Å².